The molecule has 0 amide bonds. The first-order valence-electron chi connectivity index (χ1n) is 5.65. The Balaban J connectivity index is 1.86. The van der Waals surface area contributed by atoms with Gasteiger partial charge in [0.15, 0.2) is 0 Å². The maximum atomic E-state index is 5.92. The van der Waals surface area contributed by atoms with E-state index in [1.54, 1.807) is 11.3 Å². The fourth-order valence-electron chi connectivity index (χ4n) is 1.88. The van der Waals surface area contributed by atoms with Gasteiger partial charge >= 0.3 is 0 Å². The van der Waals surface area contributed by atoms with E-state index in [0.29, 0.717) is 0 Å². The normalized spacial score (nSPS) is 10.7. The van der Waals surface area contributed by atoms with Gasteiger partial charge in [-0.2, -0.15) is 0 Å². The maximum Gasteiger partial charge on any atom is 0.0933 e. The number of anilines is 1. The van der Waals surface area contributed by atoms with Gasteiger partial charge in [0, 0.05) is 23.0 Å². The Morgan fingerprint density at radius 3 is 2.83 bits per heavy atom. The smallest absolute Gasteiger partial charge is 0.0933 e. The first-order chi connectivity index (χ1) is 8.83. The number of hydrogen-bond acceptors (Lipinski definition) is 3. The summed E-state index contributed by atoms with van der Waals surface area (Å²) in [5.74, 6) is 0. The van der Waals surface area contributed by atoms with Crippen molar-refractivity contribution in [3.63, 3.8) is 0 Å². The molecule has 2 nitrogen and oxygen atoms in total. The number of para-hydroxylation sites is 1. The number of hydrogen-bond donors (Lipinski definition) is 1. The van der Waals surface area contributed by atoms with Crippen LogP contribution in [-0.2, 0) is 6.54 Å². The second-order valence-electron chi connectivity index (χ2n) is 3.94. The van der Waals surface area contributed by atoms with Crippen LogP contribution in [-0.4, -0.2) is 4.98 Å². The lowest BCUT2D eigenvalue weighted by Crippen LogP contribution is -1.98. The predicted molar refractivity (Wildman–Crippen MR) is 78.4 cm³/mol. The molecule has 0 aliphatic carbocycles. The van der Waals surface area contributed by atoms with E-state index >= 15 is 0 Å². The van der Waals surface area contributed by atoms with Crippen molar-refractivity contribution < 1.29 is 0 Å². The summed E-state index contributed by atoms with van der Waals surface area (Å²) in [4.78, 5) is 5.63. The number of rotatable bonds is 3. The molecular formula is C14H11ClN2S. The van der Waals surface area contributed by atoms with E-state index in [1.807, 2.05) is 36.5 Å². The second-order valence-corrected chi connectivity index (χ2v) is 5.74. The van der Waals surface area contributed by atoms with Crippen molar-refractivity contribution in [3.05, 3.63) is 57.9 Å². The molecule has 0 bridgehead atoms. The standard InChI is InChI=1S/C14H11ClN2S/c15-13-7-6-11(18-13)9-17-12-5-1-3-10-4-2-8-16-14(10)12/h1-8,17H,9H2. The van der Waals surface area contributed by atoms with E-state index in [0.717, 1.165) is 27.5 Å². The van der Waals surface area contributed by atoms with Crippen LogP contribution in [0.3, 0.4) is 0 Å². The molecule has 0 aliphatic rings. The summed E-state index contributed by atoms with van der Waals surface area (Å²) in [6.45, 7) is 0.771. The van der Waals surface area contributed by atoms with Crippen LogP contribution in [0.25, 0.3) is 10.9 Å². The molecule has 1 N–H and O–H groups in total. The van der Waals surface area contributed by atoms with E-state index in [1.165, 1.54) is 4.88 Å². The number of thiophene rings is 1. The van der Waals surface area contributed by atoms with Crippen molar-refractivity contribution in [3.8, 4) is 0 Å². The van der Waals surface area contributed by atoms with Crippen LogP contribution in [0.1, 0.15) is 4.88 Å². The SMILES string of the molecule is Clc1ccc(CNc2cccc3cccnc23)s1. The van der Waals surface area contributed by atoms with Gasteiger partial charge in [0.1, 0.15) is 0 Å². The zero-order chi connectivity index (χ0) is 12.4. The highest BCUT2D eigenvalue weighted by molar-refractivity contribution is 7.16. The fourth-order valence-corrected chi connectivity index (χ4v) is 2.90. The van der Waals surface area contributed by atoms with Crippen molar-refractivity contribution >= 4 is 39.5 Å². The highest BCUT2D eigenvalue weighted by atomic mass is 35.5. The fraction of sp³-hybridized carbons (Fsp3) is 0.0714. The number of nitrogens with one attached hydrogen (secondary N) is 1. The number of pyridine rings is 1. The van der Waals surface area contributed by atoms with E-state index < -0.39 is 0 Å². The Bertz CT molecular complexity index is 673. The number of nitrogens with zero attached hydrogens (tertiary/aromatic N) is 1. The van der Waals surface area contributed by atoms with Gasteiger partial charge < -0.3 is 5.32 Å². The zero-order valence-corrected chi connectivity index (χ0v) is 11.1. The monoisotopic (exact) mass is 274 g/mol. The third-order valence-corrected chi connectivity index (χ3v) is 3.95. The van der Waals surface area contributed by atoms with E-state index in [4.69, 9.17) is 11.6 Å². The second kappa shape index (κ2) is 4.96. The third-order valence-electron chi connectivity index (χ3n) is 2.71. The van der Waals surface area contributed by atoms with Crippen LogP contribution < -0.4 is 5.32 Å². The first-order valence-corrected chi connectivity index (χ1v) is 6.84. The highest BCUT2D eigenvalue weighted by Gasteiger charge is 2.02. The average molecular weight is 275 g/mol. The molecule has 0 saturated carbocycles. The molecule has 0 aliphatic heterocycles. The van der Waals surface area contributed by atoms with Gasteiger partial charge in [0.2, 0.25) is 0 Å². The molecule has 1 aromatic carbocycles. The molecule has 90 valence electrons. The summed E-state index contributed by atoms with van der Waals surface area (Å²) < 4.78 is 0.822. The maximum absolute atomic E-state index is 5.92. The van der Waals surface area contributed by atoms with Crippen LogP contribution in [0.2, 0.25) is 4.34 Å². The van der Waals surface area contributed by atoms with Gasteiger partial charge in [-0.3, -0.25) is 4.98 Å². The lowest BCUT2D eigenvalue weighted by atomic mass is 10.2. The van der Waals surface area contributed by atoms with Crippen LogP contribution in [0, 0.1) is 0 Å². The van der Waals surface area contributed by atoms with Gasteiger partial charge in [-0.25, -0.2) is 0 Å². The Kier molecular flexibility index (Phi) is 3.17. The number of halogens is 1. The van der Waals surface area contributed by atoms with Gasteiger partial charge in [-0.1, -0.05) is 29.8 Å². The topological polar surface area (TPSA) is 24.9 Å². The molecule has 0 atom stereocenters. The van der Waals surface area contributed by atoms with E-state index in [-0.39, 0.29) is 0 Å². The lowest BCUT2D eigenvalue weighted by molar-refractivity contribution is 1.19. The summed E-state index contributed by atoms with van der Waals surface area (Å²) in [6.07, 6.45) is 1.82. The number of fused-ring (bicyclic) bond motifs is 1. The predicted octanol–water partition coefficient (Wildman–Crippen LogP) is 4.56. The molecule has 0 fully saturated rings. The largest absolute Gasteiger partial charge is 0.378 e. The Morgan fingerprint density at radius 1 is 1.11 bits per heavy atom. The molecule has 0 radical (unpaired) electrons. The summed E-state index contributed by atoms with van der Waals surface area (Å²) in [7, 11) is 0. The molecule has 2 aromatic heterocycles. The average Bonchev–Trinajstić information content (AvgIpc) is 2.82. The third kappa shape index (κ3) is 2.33. The van der Waals surface area contributed by atoms with Crippen LogP contribution >= 0.6 is 22.9 Å². The summed E-state index contributed by atoms with van der Waals surface area (Å²) >= 11 is 7.51. The quantitative estimate of drug-likeness (QED) is 0.757. The molecule has 3 rings (SSSR count). The molecule has 2 heterocycles. The Hall–Kier alpha value is -1.58. The van der Waals surface area contributed by atoms with Gasteiger partial charge in [-0.05, 0) is 24.3 Å². The highest BCUT2D eigenvalue weighted by Crippen LogP contribution is 2.24. The van der Waals surface area contributed by atoms with Crippen molar-refractivity contribution in [1.82, 2.24) is 4.98 Å². The zero-order valence-electron chi connectivity index (χ0n) is 9.56. The molecule has 4 heteroatoms. The van der Waals surface area contributed by atoms with Gasteiger partial charge in [-0.15, -0.1) is 11.3 Å². The van der Waals surface area contributed by atoms with Gasteiger partial charge in [0.25, 0.3) is 0 Å². The first kappa shape index (κ1) is 11.5. The Labute approximate surface area is 114 Å². The molecular weight excluding hydrogens is 264 g/mol. The minimum Gasteiger partial charge on any atom is -0.378 e. The lowest BCUT2D eigenvalue weighted by Gasteiger charge is -2.07. The number of aromatic nitrogens is 1. The van der Waals surface area contributed by atoms with Crippen LogP contribution in [0.5, 0.6) is 0 Å². The molecule has 0 spiro atoms. The molecule has 3 aromatic rings. The van der Waals surface area contributed by atoms with Crippen molar-refractivity contribution in [2.24, 2.45) is 0 Å². The molecule has 0 unspecified atom stereocenters. The van der Waals surface area contributed by atoms with Crippen molar-refractivity contribution in [1.29, 1.82) is 0 Å². The van der Waals surface area contributed by atoms with E-state index in [2.05, 4.69) is 22.4 Å². The Morgan fingerprint density at radius 2 is 2.00 bits per heavy atom. The minimum atomic E-state index is 0.771. The number of benzene rings is 1. The van der Waals surface area contributed by atoms with Crippen molar-refractivity contribution in [2.75, 3.05) is 5.32 Å². The van der Waals surface area contributed by atoms with E-state index in [9.17, 15) is 0 Å². The van der Waals surface area contributed by atoms with Crippen LogP contribution in [0.15, 0.2) is 48.7 Å². The summed E-state index contributed by atoms with van der Waals surface area (Å²) in [5.41, 5.74) is 2.06. The molecule has 0 saturated heterocycles. The summed E-state index contributed by atoms with van der Waals surface area (Å²) in [6, 6.07) is 14.1. The summed E-state index contributed by atoms with van der Waals surface area (Å²) in [5, 5.41) is 4.55. The minimum absolute atomic E-state index is 0.771. The van der Waals surface area contributed by atoms with Crippen molar-refractivity contribution in [2.45, 2.75) is 6.54 Å². The van der Waals surface area contributed by atoms with Crippen LogP contribution in [0.4, 0.5) is 5.69 Å². The van der Waals surface area contributed by atoms with Gasteiger partial charge in [0.05, 0.1) is 15.5 Å². The molecule has 18 heavy (non-hydrogen) atoms.